The van der Waals surface area contributed by atoms with Gasteiger partial charge in [-0.15, -0.1) is 11.3 Å². The first-order chi connectivity index (χ1) is 8.69. The number of hydrogen-bond donors (Lipinski definition) is 1. The predicted octanol–water partition coefficient (Wildman–Crippen LogP) is 2.99. The summed E-state index contributed by atoms with van der Waals surface area (Å²) in [5, 5.41) is 6.96. The normalized spacial score (nSPS) is 31.3. The fourth-order valence-electron chi connectivity index (χ4n) is 3.39. The van der Waals surface area contributed by atoms with Gasteiger partial charge in [-0.25, -0.2) is 4.98 Å². The number of aromatic nitrogens is 1. The second-order valence-corrected chi connectivity index (χ2v) is 6.80. The molecule has 2 saturated heterocycles. The van der Waals surface area contributed by atoms with E-state index in [9.17, 15) is 0 Å². The Hall–Kier alpha value is -0.610. The fourth-order valence-corrected chi connectivity index (χ4v) is 4.51. The molecule has 2 unspecified atom stereocenters. The van der Waals surface area contributed by atoms with Crippen LogP contribution < -0.4 is 10.2 Å². The van der Waals surface area contributed by atoms with Crippen molar-refractivity contribution in [1.82, 2.24) is 10.3 Å². The van der Waals surface area contributed by atoms with Crippen LogP contribution in [0.2, 0.25) is 0 Å². The van der Waals surface area contributed by atoms with Gasteiger partial charge in [-0.2, -0.15) is 0 Å². The SMILES string of the molecule is CNC1CC2CCC(C1)N2c1nc(C(C)C)cs1. The number of fused-ring (bicyclic) bond motifs is 2. The predicted molar refractivity (Wildman–Crippen MR) is 77.6 cm³/mol. The zero-order valence-corrected chi connectivity index (χ0v) is 12.3. The lowest BCUT2D eigenvalue weighted by Gasteiger charge is -2.38. The Morgan fingerprint density at radius 2 is 2.00 bits per heavy atom. The minimum atomic E-state index is 0.544. The molecule has 0 saturated carbocycles. The lowest BCUT2D eigenvalue weighted by Crippen LogP contribution is -2.48. The highest BCUT2D eigenvalue weighted by atomic mass is 32.1. The highest BCUT2D eigenvalue weighted by molar-refractivity contribution is 7.13. The maximum Gasteiger partial charge on any atom is 0.186 e. The molecule has 2 bridgehead atoms. The topological polar surface area (TPSA) is 28.2 Å². The lowest BCUT2D eigenvalue weighted by molar-refractivity contribution is 0.373. The van der Waals surface area contributed by atoms with Gasteiger partial charge in [0.15, 0.2) is 5.13 Å². The molecule has 0 aliphatic carbocycles. The summed E-state index contributed by atoms with van der Waals surface area (Å²) in [6.45, 7) is 4.45. The lowest BCUT2D eigenvalue weighted by atomic mass is 9.98. The average Bonchev–Trinajstić information content (AvgIpc) is 2.92. The van der Waals surface area contributed by atoms with Crippen LogP contribution in [0.15, 0.2) is 5.38 Å². The number of rotatable bonds is 3. The van der Waals surface area contributed by atoms with Crippen LogP contribution in [-0.2, 0) is 0 Å². The van der Waals surface area contributed by atoms with E-state index in [-0.39, 0.29) is 0 Å². The van der Waals surface area contributed by atoms with Crippen LogP contribution in [0, 0.1) is 0 Å². The molecule has 3 heterocycles. The van der Waals surface area contributed by atoms with Crippen LogP contribution in [0.4, 0.5) is 5.13 Å². The fraction of sp³-hybridized carbons (Fsp3) is 0.786. The van der Waals surface area contributed by atoms with E-state index in [2.05, 4.69) is 36.5 Å². The van der Waals surface area contributed by atoms with E-state index in [0.717, 1.165) is 0 Å². The van der Waals surface area contributed by atoms with Crippen molar-refractivity contribution in [2.45, 2.75) is 63.6 Å². The number of nitrogens with zero attached hydrogens (tertiary/aromatic N) is 2. The van der Waals surface area contributed by atoms with Crippen molar-refractivity contribution in [2.75, 3.05) is 11.9 Å². The molecule has 0 amide bonds. The molecule has 100 valence electrons. The van der Waals surface area contributed by atoms with Gasteiger partial charge in [-0.3, -0.25) is 0 Å². The highest BCUT2D eigenvalue weighted by Gasteiger charge is 2.41. The second-order valence-electron chi connectivity index (χ2n) is 5.96. The molecule has 2 aliphatic rings. The van der Waals surface area contributed by atoms with Crippen molar-refractivity contribution in [3.05, 3.63) is 11.1 Å². The Bertz CT molecular complexity index is 401. The summed E-state index contributed by atoms with van der Waals surface area (Å²) in [6, 6.07) is 2.14. The van der Waals surface area contributed by atoms with Crippen LogP contribution >= 0.6 is 11.3 Å². The van der Waals surface area contributed by atoms with Gasteiger partial charge in [-0.05, 0) is 38.6 Å². The van der Waals surface area contributed by atoms with E-state index in [1.807, 2.05) is 11.3 Å². The summed E-state index contributed by atoms with van der Waals surface area (Å²) >= 11 is 1.84. The van der Waals surface area contributed by atoms with E-state index >= 15 is 0 Å². The Morgan fingerprint density at radius 3 is 2.50 bits per heavy atom. The van der Waals surface area contributed by atoms with Crippen molar-refractivity contribution < 1.29 is 0 Å². The number of hydrogen-bond acceptors (Lipinski definition) is 4. The number of piperidine rings is 1. The number of anilines is 1. The van der Waals surface area contributed by atoms with Crippen molar-refractivity contribution in [1.29, 1.82) is 0 Å². The molecule has 3 rings (SSSR count). The number of thiazole rings is 1. The van der Waals surface area contributed by atoms with Crippen LogP contribution in [-0.4, -0.2) is 30.2 Å². The van der Waals surface area contributed by atoms with E-state index in [4.69, 9.17) is 4.98 Å². The summed E-state index contributed by atoms with van der Waals surface area (Å²) in [7, 11) is 2.10. The van der Waals surface area contributed by atoms with Gasteiger partial charge in [0.25, 0.3) is 0 Å². The molecule has 1 N–H and O–H groups in total. The van der Waals surface area contributed by atoms with E-state index < -0.39 is 0 Å². The van der Waals surface area contributed by atoms with Crippen LogP contribution in [0.5, 0.6) is 0 Å². The molecule has 0 radical (unpaired) electrons. The van der Waals surface area contributed by atoms with Crippen LogP contribution in [0.25, 0.3) is 0 Å². The first-order valence-electron chi connectivity index (χ1n) is 7.10. The largest absolute Gasteiger partial charge is 0.342 e. The zero-order valence-electron chi connectivity index (χ0n) is 11.5. The second kappa shape index (κ2) is 4.82. The summed E-state index contributed by atoms with van der Waals surface area (Å²) in [4.78, 5) is 7.46. The van der Waals surface area contributed by atoms with Crippen molar-refractivity contribution in [2.24, 2.45) is 0 Å². The van der Waals surface area contributed by atoms with Gasteiger partial charge in [0.05, 0.1) is 5.69 Å². The summed E-state index contributed by atoms with van der Waals surface area (Å²) < 4.78 is 0. The third-order valence-corrected chi connectivity index (χ3v) is 5.34. The molecule has 2 aliphatic heterocycles. The molecule has 1 aromatic rings. The zero-order chi connectivity index (χ0) is 12.7. The van der Waals surface area contributed by atoms with E-state index in [1.54, 1.807) is 0 Å². The molecule has 3 nitrogen and oxygen atoms in total. The molecule has 0 spiro atoms. The molecule has 2 atom stereocenters. The smallest absolute Gasteiger partial charge is 0.186 e. The summed E-state index contributed by atoms with van der Waals surface area (Å²) in [5.74, 6) is 0.544. The van der Waals surface area contributed by atoms with Gasteiger partial charge in [0.1, 0.15) is 0 Å². The third-order valence-electron chi connectivity index (χ3n) is 4.46. The molecule has 18 heavy (non-hydrogen) atoms. The minimum Gasteiger partial charge on any atom is -0.342 e. The van der Waals surface area contributed by atoms with Gasteiger partial charge in [0, 0.05) is 23.5 Å². The maximum absolute atomic E-state index is 4.85. The molecule has 2 fully saturated rings. The molecule has 0 aromatic carbocycles. The van der Waals surface area contributed by atoms with Gasteiger partial charge >= 0.3 is 0 Å². The van der Waals surface area contributed by atoms with Gasteiger partial charge in [0.2, 0.25) is 0 Å². The molecule has 4 heteroatoms. The van der Waals surface area contributed by atoms with Crippen LogP contribution in [0.3, 0.4) is 0 Å². The Labute approximate surface area is 114 Å². The van der Waals surface area contributed by atoms with Gasteiger partial charge < -0.3 is 10.2 Å². The molecular weight excluding hydrogens is 242 g/mol. The van der Waals surface area contributed by atoms with E-state index in [1.165, 1.54) is 36.5 Å². The Kier molecular flexibility index (Phi) is 3.32. The standard InChI is InChI=1S/C14H23N3S/c1-9(2)13-8-18-14(16-13)17-11-4-5-12(17)7-10(6-11)15-3/h8-12,15H,4-7H2,1-3H3. The molecule has 1 aromatic heterocycles. The first-order valence-corrected chi connectivity index (χ1v) is 7.98. The first kappa shape index (κ1) is 12.4. The van der Waals surface area contributed by atoms with Crippen molar-refractivity contribution in [3.8, 4) is 0 Å². The number of nitrogens with one attached hydrogen (secondary N) is 1. The highest BCUT2D eigenvalue weighted by Crippen LogP contribution is 2.40. The summed E-state index contributed by atoms with van der Waals surface area (Å²) in [6.07, 6.45) is 5.26. The van der Waals surface area contributed by atoms with Gasteiger partial charge in [-0.1, -0.05) is 13.8 Å². The quantitative estimate of drug-likeness (QED) is 0.910. The van der Waals surface area contributed by atoms with Crippen LogP contribution in [0.1, 0.15) is 51.1 Å². The summed E-state index contributed by atoms with van der Waals surface area (Å²) in [5.41, 5.74) is 1.25. The van der Waals surface area contributed by atoms with Crippen molar-refractivity contribution >= 4 is 16.5 Å². The van der Waals surface area contributed by atoms with Crippen molar-refractivity contribution in [3.63, 3.8) is 0 Å². The monoisotopic (exact) mass is 265 g/mol. The maximum atomic E-state index is 4.85. The average molecular weight is 265 g/mol. The molecular formula is C14H23N3S. The Balaban J connectivity index is 1.80. The van der Waals surface area contributed by atoms with E-state index in [0.29, 0.717) is 24.0 Å². The Morgan fingerprint density at radius 1 is 1.33 bits per heavy atom. The minimum absolute atomic E-state index is 0.544. The third kappa shape index (κ3) is 2.05.